The molecule has 3 aromatic carbocycles. The van der Waals surface area contributed by atoms with Gasteiger partial charge >= 0.3 is 12.1 Å². The van der Waals surface area contributed by atoms with Crippen LogP contribution in [0.4, 0.5) is 29.7 Å². The minimum Gasteiger partial charge on any atom is -0.307 e. The van der Waals surface area contributed by atoms with E-state index in [-0.39, 0.29) is 22.5 Å². The van der Waals surface area contributed by atoms with Gasteiger partial charge in [0, 0.05) is 11.4 Å². The molecule has 0 saturated carbocycles. The van der Waals surface area contributed by atoms with Crippen molar-refractivity contribution in [2.45, 2.75) is 6.92 Å². The third kappa shape index (κ3) is 6.74. The molecule has 0 spiro atoms. The van der Waals surface area contributed by atoms with Gasteiger partial charge in [0.25, 0.3) is 11.8 Å². The van der Waals surface area contributed by atoms with Crippen LogP contribution in [-0.4, -0.2) is 23.9 Å². The highest BCUT2D eigenvalue weighted by molar-refractivity contribution is 5.99. The normalized spacial score (nSPS) is 10.0. The van der Waals surface area contributed by atoms with E-state index in [1.54, 1.807) is 13.0 Å². The quantitative estimate of drug-likeness (QED) is 0.318. The minimum atomic E-state index is -0.849. The van der Waals surface area contributed by atoms with E-state index in [0.29, 0.717) is 5.56 Å². The average Bonchev–Trinajstić information content (AvgIpc) is 2.83. The molecule has 0 bridgehead atoms. The summed E-state index contributed by atoms with van der Waals surface area (Å²) in [6, 6.07) is 13.4. The van der Waals surface area contributed by atoms with Gasteiger partial charge in [-0.1, -0.05) is 30.3 Å². The molecule has 0 atom stereocenters. The summed E-state index contributed by atoms with van der Waals surface area (Å²) in [7, 11) is 0. The van der Waals surface area contributed by atoms with E-state index in [1.165, 1.54) is 48.5 Å². The first-order chi connectivity index (χ1) is 16.7. The van der Waals surface area contributed by atoms with Gasteiger partial charge in [-0.2, -0.15) is 0 Å². The number of halogens is 2. The van der Waals surface area contributed by atoms with E-state index in [1.807, 2.05) is 0 Å². The average molecular weight is 482 g/mol. The molecule has 35 heavy (non-hydrogen) atoms. The van der Waals surface area contributed by atoms with Crippen molar-refractivity contribution in [2.24, 2.45) is 0 Å². The number of rotatable bonds is 4. The Balaban J connectivity index is 1.53. The van der Waals surface area contributed by atoms with Crippen molar-refractivity contribution in [1.29, 1.82) is 0 Å². The molecule has 0 aliphatic carbocycles. The van der Waals surface area contributed by atoms with Crippen molar-refractivity contribution >= 4 is 35.3 Å². The Morgan fingerprint density at radius 3 is 1.63 bits per heavy atom. The number of carbonyl (C=O) groups excluding carboxylic acids is 4. The lowest BCUT2D eigenvalue weighted by Crippen LogP contribution is -2.44. The molecule has 0 radical (unpaired) electrons. The first kappa shape index (κ1) is 24.6. The summed E-state index contributed by atoms with van der Waals surface area (Å²) < 4.78 is 27.3. The lowest BCUT2D eigenvalue weighted by atomic mass is 10.2. The van der Waals surface area contributed by atoms with Crippen molar-refractivity contribution in [2.75, 3.05) is 10.6 Å². The lowest BCUT2D eigenvalue weighted by molar-refractivity contribution is 0.0926. The van der Waals surface area contributed by atoms with Crippen LogP contribution in [0.5, 0.6) is 0 Å². The molecule has 0 heterocycles. The predicted octanol–water partition coefficient (Wildman–Crippen LogP) is 3.21. The molecule has 3 rings (SSSR count). The van der Waals surface area contributed by atoms with Crippen LogP contribution < -0.4 is 32.3 Å². The van der Waals surface area contributed by atoms with Gasteiger partial charge in [0.1, 0.15) is 11.6 Å². The number of urea groups is 2. The van der Waals surface area contributed by atoms with Crippen LogP contribution in [0, 0.1) is 18.6 Å². The Kier molecular flexibility index (Phi) is 7.90. The van der Waals surface area contributed by atoms with Crippen LogP contribution in [0.25, 0.3) is 0 Å². The molecule has 0 unspecified atom stereocenters. The van der Waals surface area contributed by atoms with Gasteiger partial charge in [0.2, 0.25) is 0 Å². The van der Waals surface area contributed by atoms with E-state index in [9.17, 15) is 28.0 Å². The molecule has 3 aromatic rings. The zero-order valence-electron chi connectivity index (χ0n) is 18.2. The minimum absolute atomic E-state index is 0.247. The smallest absolute Gasteiger partial charge is 0.307 e. The van der Waals surface area contributed by atoms with Crippen LogP contribution in [0.3, 0.4) is 0 Å². The Bertz CT molecular complexity index is 1280. The highest BCUT2D eigenvalue weighted by atomic mass is 19.1. The van der Waals surface area contributed by atoms with Gasteiger partial charge in [-0.3, -0.25) is 20.4 Å². The number of hydrogen-bond donors (Lipinski definition) is 6. The summed E-state index contributed by atoms with van der Waals surface area (Å²) in [5, 5.41) is 4.92. The summed E-state index contributed by atoms with van der Waals surface area (Å²) in [6.45, 7) is 1.69. The standard InChI is InChI=1S/C23H20F2N6O4/c1-13-10-11-14(26-22(34)30-28-20(32)15-6-2-4-8-17(15)24)12-19(13)27-23(35)31-29-21(33)16-7-3-5-9-18(16)25/h2-12H,1H3,(H,28,32)(H,29,33)(H2,26,30,34)(H2,27,31,35). The van der Waals surface area contributed by atoms with Crippen LogP contribution >= 0.6 is 0 Å². The molecule has 12 heteroatoms. The molecular formula is C23H20F2N6O4. The van der Waals surface area contributed by atoms with Gasteiger partial charge in [0.05, 0.1) is 11.1 Å². The van der Waals surface area contributed by atoms with Gasteiger partial charge in [-0.05, 0) is 48.9 Å². The zero-order valence-corrected chi connectivity index (χ0v) is 18.2. The van der Waals surface area contributed by atoms with Crippen LogP contribution in [-0.2, 0) is 0 Å². The fourth-order valence-corrected chi connectivity index (χ4v) is 2.80. The topological polar surface area (TPSA) is 140 Å². The lowest BCUT2D eigenvalue weighted by Gasteiger charge is -2.13. The highest BCUT2D eigenvalue weighted by Gasteiger charge is 2.14. The second-order valence-electron chi connectivity index (χ2n) is 7.06. The van der Waals surface area contributed by atoms with E-state index in [0.717, 1.165) is 12.1 Å². The second kappa shape index (κ2) is 11.2. The van der Waals surface area contributed by atoms with Crippen LogP contribution in [0.2, 0.25) is 0 Å². The van der Waals surface area contributed by atoms with E-state index in [2.05, 4.69) is 32.3 Å². The number of amides is 6. The first-order valence-electron chi connectivity index (χ1n) is 10.1. The van der Waals surface area contributed by atoms with Gasteiger partial charge < -0.3 is 10.6 Å². The molecule has 0 aliphatic heterocycles. The van der Waals surface area contributed by atoms with Gasteiger partial charge in [-0.15, -0.1) is 0 Å². The highest BCUT2D eigenvalue weighted by Crippen LogP contribution is 2.20. The van der Waals surface area contributed by atoms with Gasteiger partial charge in [0.15, 0.2) is 0 Å². The Hall–Kier alpha value is -5.00. The third-order valence-electron chi connectivity index (χ3n) is 4.56. The summed E-state index contributed by atoms with van der Waals surface area (Å²) in [5.41, 5.74) is 9.02. The largest absolute Gasteiger partial charge is 0.337 e. The Labute approximate surface area is 198 Å². The molecule has 10 nitrogen and oxygen atoms in total. The zero-order chi connectivity index (χ0) is 25.4. The van der Waals surface area contributed by atoms with Crippen molar-refractivity contribution in [1.82, 2.24) is 21.7 Å². The molecule has 0 aromatic heterocycles. The SMILES string of the molecule is Cc1ccc(NC(=O)NNC(=O)c2ccccc2F)cc1NC(=O)NNC(=O)c1ccccc1F. The Morgan fingerprint density at radius 2 is 1.11 bits per heavy atom. The fraction of sp³-hybridized carbons (Fsp3) is 0.0435. The summed E-state index contributed by atoms with van der Waals surface area (Å²) in [6.07, 6.45) is 0. The maximum Gasteiger partial charge on any atom is 0.337 e. The van der Waals surface area contributed by atoms with Crippen LogP contribution in [0.15, 0.2) is 66.7 Å². The van der Waals surface area contributed by atoms with Crippen molar-refractivity contribution in [3.05, 3.63) is 95.1 Å². The summed E-state index contributed by atoms with van der Waals surface area (Å²) >= 11 is 0. The third-order valence-corrected chi connectivity index (χ3v) is 4.56. The van der Waals surface area contributed by atoms with Crippen molar-refractivity contribution in [3.8, 4) is 0 Å². The van der Waals surface area contributed by atoms with Crippen LogP contribution in [0.1, 0.15) is 26.3 Å². The molecule has 6 amide bonds. The number of nitrogens with one attached hydrogen (secondary N) is 6. The molecular weight excluding hydrogens is 462 g/mol. The molecule has 0 fully saturated rings. The van der Waals surface area contributed by atoms with Crippen molar-refractivity contribution < 1.29 is 28.0 Å². The number of hydrazine groups is 2. The van der Waals surface area contributed by atoms with E-state index in [4.69, 9.17) is 0 Å². The molecule has 6 N–H and O–H groups in total. The maximum absolute atomic E-state index is 13.6. The number of benzene rings is 3. The summed E-state index contributed by atoms with van der Waals surface area (Å²) in [5.74, 6) is -3.19. The molecule has 0 saturated heterocycles. The Morgan fingerprint density at radius 1 is 0.629 bits per heavy atom. The number of hydrogen-bond acceptors (Lipinski definition) is 4. The second-order valence-corrected chi connectivity index (χ2v) is 7.06. The number of carbonyl (C=O) groups is 4. The first-order valence-corrected chi connectivity index (χ1v) is 10.1. The summed E-state index contributed by atoms with van der Waals surface area (Å²) in [4.78, 5) is 48.2. The van der Waals surface area contributed by atoms with E-state index < -0.39 is 35.5 Å². The predicted molar refractivity (Wildman–Crippen MR) is 123 cm³/mol. The monoisotopic (exact) mass is 482 g/mol. The number of anilines is 2. The molecule has 0 aliphatic rings. The van der Waals surface area contributed by atoms with E-state index >= 15 is 0 Å². The van der Waals surface area contributed by atoms with Gasteiger partial charge in [-0.25, -0.2) is 29.2 Å². The maximum atomic E-state index is 13.6. The number of aryl methyl sites for hydroxylation is 1. The van der Waals surface area contributed by atoms with Crippen molar-refractivity contribution in [3.63, 3.8) is 0 Å². The molecule has 180 valence electrons. The fourth-order valence-electron chi connectivity index (χ4n) is 2.80.